The summed E-state index contributed by atoms with van der Waals surface area (Å²) in [6, 6.07) is 23.4. The van der Waals surface area contributed by atoms with E-state index in [-0.39, 0.29) is 0 Å². The largest absolute Gasteiger partial charge is 0.381 e. The van der Waals surface area contributed by atoms with Crippen LogP contribution in [-0.2, 0) is 37.2 Å². The zero-order valence-corrected chi connectivity index (χ0v) is 22.6. The quantitative estimate of drug-likeness (QED) is 0.415. The molecule has 1 fully saturated rings. The number of benzene rings is 2. The maximum absolute atomic E-state index is 5.50. The van der Waals surface area contributed by atoms with E-state index in [9.17, 15) is 0 Å². The topological polar surface area (TPSA) is 49.4 Å². The summed E-state index contributed by atoms with van der Waals surface area (Å²) >= 11 is 0. The molecule has 6 rings (SSSR count). The molecule has 2 N–H and O–H groups in total. The highest BCUT2D eigenvalue weighted by atomic mass is 16.5. The van der Waals surface area contributed by atoms with Crippen molar-refractivity contribution in [3.05, 3.63) is 100 Å². The molecule has 3 aromatic rings. The third-order valence-electron chi connectivity index (χ3n) is 8.74. The summed E-state index contributed by atoms with van der Waals surface area (Å²) in [6.07, 6.45) is 9.00. The number of ether oxygens (including phenoxy) is 1. The van der Waals surface area contributed by atoms with Crippen molar-refractivity contribution in [1.82, 2.24) is 20.5 Å². The van der Waals surface area contributed by atoms with Crippen LogP contribution in [0.25, 0.3) is 0 Å². The number of hydrogen-bond acceptors (Lipinski definition) is 5. The highest BCUT2D eigenvalue weighted by molar-refractivity contribution is 5.31. The van der Waals surface area contributed by atoms with E-state index in [2.05, 4.69) is 76.2 Å². The van der Waals surface area contributed by atoms with Gasteiger partial charge < -0.3 is 15.4 Å². The number of nitrogens with zero attached hydrogens (tertiary/aromatic N) is 2. The molecule has 3 aliphatic rings. The fourth-order valence-corrected chi connectivity index (χ4v) is 6.54. The van der Waals surface area contributed by atoms with Crippen molar-refractivity contribution < 1.29 is 4.74 Å². The standard InChI is InChI=1S/C33H42N4O/c1-2-6-30-22-36-31(19-29(30)5-1)24-37(32-9-3-7-28-8-4-16-35-33(28)32)23-27-12-10-25(11-13-27)20-34-21-26-14-17-38-18-15-26/h1-2,4-6,8,10-13,16,26,31-32,34,36H,3,7,9,14-15,17-24H2. The maximum atomic E-state index is 5.50. The zero-order chi connectivity index (χ0) is 25.6. The lowest BCUT2D eigenvalue weighted by Gasteiger charge is -2.38. The summed E-state index contributed by atoms with van der Waals surface area (Å²) in [5.74, 6) is 0.754. The molecule has 1 saturated heterocycles. The van der Waals surface area contributed by atoms with Gasteiger partial charge in [0.05, 0.1) is 11.7 Å². The van der Waals surface area contributed by atoms with Crippen molar-refractivity contribution in [1.29, 1.82) is 0 Å². The van der Waals surface area contributed by atoms with Crippen LogP contribution in [0.4, 0.5) is 0 Å². The van der Waals surface area contributed by atoms with Gasteiger partial charge in [-0.2, -0.15) is 0 Å². The lowest BCUT2D eigenvalue weighted by molar-refractivity contribution is 0.0662. The van der Waals surface area contributed by atoms with Gasteiger partial charge in [0.15, 0.2) is 0 Å². The summed E-state index contributed by atoms with van der Waals surface area (Å²) in [5, 5.41) is 7.51. The molecule has 2 atom stereocenters. The summed E-state index contributed by atoms with van der Waals surface area (Å²) in [4.78, 5) is 7.60. The van der Waals surface area contributed by atoms with E-state index in [1.54, 1.807) is 0 Å². The van der Waals surface area contributed by atoms with E-state index >= 15 is 0 Å². The molecule has 2 unspecified atom stereocenters. The van der Waals surface area contributed by atoms with Crippen LogP contribution in [-0.4, -0.2) is 42.2 Å². The Balaban J connectivity index is 1.14. The number of rotatable bonds is 9. The lowest BCUT2D eigenvalue weighted by atomic mass is 9.89. The minimum atomic E-state index is 0.375. The van der Waals surface area contributed by atoms with Crippen LogP contribution in [0.2, 0.25) is 0 Å². The molecule has 0 saturated carbocycles. The Morgan fingerprint density at radius 2 is 1.68 bits per heavy atom. The smallest absolute Gasteiger partial charge is 0.0607 e. The SMILES string of the molecule is c1ccc2c(c1)CNC(CN(Cc1ccc(CNCC3CCOCC3)cc1)C1CCCc3cccnc31)C2. The summed E-state index contributed by atoms with van der Waals surface area (Å²) in [6.45, 7) is 6.81. The van der Waals surface area contributed by atoms with E-state index in [0.29, 0.717) is 12.1 Å². The third kappa shape index (κ3) is 6.35. The van der Waals surface area contributed by atoms with Crippen molar-refractivity contribution in [2.75, 3.05) is 26.3 Å². The fourth-order valence-electron chi connectivity index (χ4n) is 6.54. The molecule has 2 aromatic carbocycles. The van der Waals surface area contributed by atoms with Gasteiger partial charge in [-0.25, -0.2) is 0 Å². The minimum Gasteiger partial charge on any atom is -0.381 e. The van der Waals surface area contributed by atoms with Gasteiger partial charge in [0, 0.05) is 51.6 Å². The average molecular weight is 511 g/mol. The number of pyridine rings is 1. The Morgan fingerprint density at radius 3 is 2.55 bits per heavy atom. The second kappa shape index (κ2) is 12.5. The van der Waals surface area contributed by atoms with Gasteiger partial charge >= 0.3 is 0 Å². The van der Waals surface area contributed by atoms with Crippen LogP contribution in [0.15, 0.2) is 66.9 Å². The molecular formula is C33H42N4O. The number of aromatic nitrogens is 1. The summed E-state index contributed by atoms with van der Waals surface area (Å²) in [7, 11) is 0. The Kier molecular flexibility index (Phi) is 8.47. The first-order valence-electron chi connectivity index (χ1n) is 14.7. The molecule has 200 valence electrons. The highest BCUT2D eigenvalue weighted by Gasteiger charge is 2.30. The predicted molar refractivity (Wildman–Crippen MR) is 153 cm³/mol. The van der Waals surface area contributed by atoms with Gasteiger partial charge in [-0.05, 0) is 84.9 Å². The van der Waals surface area contributed by atoms with Crippen LogP contribution in [0.5, 0.6) is 0 Å². The Morgan fingerprint density at radius 1 is 0.895 bits per heavy atom. The summed E-state index contributed by atoms with van der Waals surface area (Å²) < 4.78 is 5.50. The number of nitrogens with one attached hydrogen (secondary N) is 2. The monoisotopic (exact) mass is 510 g/mol. The van der Waals surface area contributed by atoms with Crippen molar-refractivity contribution in [2.45, 2.75) is 70.2 Å². The van der Waals surface area contributed by atoms with E-state index < -0.39 is 0 Å². The van der Waals surface area contributed by atoms with Gasteiger partial charge in [-0.15, -0.1) is 0 Å². The Labute approximate surface area is 228 Å². The highest BCUT2D eigenvalue weighted by Crippen LogP contribution is 2.34. The molecule has 38 heavy (non-hydrogen) atoms. The van der Waals surface area contributed by atoms with Gasteiger partial charge in [0.2, 0.25) is 0 Å². The first-order valence-corrected chi connectivity index (χ1v) is 14.7. The van der Waals surface area contributed by atoms with Crippen LogP contribution in [0.3, 0.4) is 0 Å². The van der Waals surface area contributed by atoms with Gasteiger partial charge in [0.25, 0.3) is 0 Å². The fraction of sp³-hybridized carbons (Fsp3) is 0.485. The number of fused-ring (bicyclic) bond motifs is 2. The van der Waals surface area contributed by atoms with Crippen LogP contribution in [0, 0.1) is 5.92 Å². The Hall–Kier alpha value is -2.57. The molecule has 0 bridgehead atoms. The van der Waals surface area contributed by atoms with Crippen LogP contribution < -0.4 is 10.6 Å². The molecule has 1 aliphatic carbocycles. The first kappa shape index (κ1) is 25.7. The molecule has 5 heteroatoms. The van der Waals surface area contributed by atoms with Gasteiger partial charge in [-0.3, -0.25) is 9.88 Å². The minimum absolute atomic E-state index is 0.375. The van der Waals surface area contributed by atoms with Crippen molar-refractivity contribution in [3.8, 4) is 0 Å². The Bertz CT molecular complexity index is 1170. The zero-order valence-electron chi connectivity index (χ0n) is 22.6. The molecule has 5 nitrogen and oxygen atoms in total. The average Bonchev–Trinajstić information content (AvgIpc) is 2.98. The maximum Gasteiger partial charge on any atom is 0.0607 e. The summed E-state index contributed by atoms with van der Waals surface area (Å²) in [5.41, 5.74) is 8.42. The van der Waals surface area contributed by atoms with Crippen LogP contribution >= 0.6 is 0 Å². The van der Waals surface area contributed by atoms with Crippen molar-refractivity contribution in [3.63, 3.8) is 0 Å². The normalized spacial score (nSPS) is 21.7. The van der Waals surface area contributed by atoms with E-state index in [1.807, 2.05) is 6.20 Å². The first-order chi connectivity index (χ1) is 18.8. The predicted octanol–water partition coefficient (Wildman–Crippen LogP) is 5.19. The molecule has 1 aromatic heterocycles. The van der Waals surface area contributed by atoms with E-state index in [4.69, 9.17) is 9.72 Å². The van der Waals surface area contributed by atoms with E-state index in [0.717, 1.165) is 64.7 Å². The second-order valence-electron chi connectivity index (χ2n) is 11.4. The van der Waals surface area contributed by atoms with E-state index in [1.165, 1.54) is 59.2 Å². The van der Waals surface area contributed by atoms with Gasteiger partial charge in [0.1, 0.15) is 0 Å². The second-order valence-corrected chi connectivity index (χ2v) is 11.4. The molecule has 2 aliphatic heterocycles. The number of aryl methyl sites for hydroxylation is 1. The van der Waals surface area contributed by atoms with Crippen LogP contribution in [0.1, 0.15) is 65.2 Å². The molecule has 3 heterocycles. The molecular weight excluding hydrogens is 468 g/mol. The lowest BCUT2D eigenvalue weighted by Crippen LogP contribution is -2.46. The molecule has 0 spiro atoms. The van der Waals surface area contributed by atoms with Crippen molar-refractivity contribution >= 4 is 0 Å². The van der Waals surface area contributed by atoms with Crippen molar-refractivity contribution in [2.24, 2.45) is 5.92 Å². The third-order valence-corrected chi connectivity index (χ3v) is 8.74. The number of hydrogen-bond donors (Lipinski definition) is 2. The molecule has 0 amide bonds. The molecule has 0 radical (unpaired) electrons. The van der Waals surface area contributed by atoms with Gasteiger partial charge in [-0.1, -0.05) is 54.6 Å².